The summed E-state index contributed by atoms with van der Waals surface area (Å²) in [7, 11) is 0. The molecular formula is C20H26N2O5S. The molecule has 4 rings (SSSR count). The minimum atomic E-state index is -0.854. The Morgan fingerprint density at radius 3 is 2.64 bits per heavy atom. The molecule has 0 aromatic carbocycles. The second kappa shape index (κ2) is 6.62. The number of amides is 2. The van der Waals surface area contributed by atoms with E-state index in [0.717, 1.165) is 0 Å². The van der Waals surface area contributed by atoms with Gasteiger partial charge in [-0.15, -0.1) is 11.8 Å². The number of likely N-dealkylation sites (tertiary alicyclic amines) is 1. The van der Waals surface area contributed by atoms with Crippen LogP contribution in [0.15, 0.2) is 24.3 Å². The van der Waals surface area contributed by atoms with Crippen LogP contribution in [0.5, 0.6) is 0 Å². The Balaban J connectivity index is 1.89. The number of nitrogens with zero attached hydrogens (tertiary/aromatic N) is 2. The molecule has 7 nitrogen and oxygen atoms in total. The smallest absolute Gasteiger partial charge is 0.311 e. The third-order valence-electron chi connectivity index (χ3n) is 6.31. The van der Waals surface area contributed by atoms with Gasteiger partial charge < -0.3 is 19.6 Å². The number of rotatable bonds is 3. The highest BCUT2D eigenvalue weighted by molar-refractivity contribution is 8.02. The molecule has 0 radical (unpaired) electrons. The maximum Gasteiger partial charge on any atom is 0.311 e. The summed E-state index contributed by atoms with van der Waals surface area (Å²) in [4.78, 5) is 43.1. The molecule has 4 heterocycles. The van der Waals surface area contributed by atoms with Crippen molar-refractivity contribution in [1.29, 1.82) is 0 Å². The number of carbonyl (C=O) groups excluding carboxylic acids is 3. The summed E-state index contributed by atoms with van der Waals surface area (Å²) in [6.45, 7) is 6.33. The molecule has 152 valence electrons. The molecule has 28 heavy (non-hydrogen) atoms. The molecule has 4 aliphatic rings. The summed E-state index contributed by atoms with van der Waals surface area (Å²) in [6.07, 6.45) is 7.67. The van der Waals surface area contributed by atoms with E-state index >= 15 is 0 Å². The Kier molecular flexibility index (Phi) is 4.62. The van der Waals surface area contributed by atoms with Gasteiger partial charge in [0.05, 0.1) is 23.2 Å². The largest absolute Gasteiger partial charge is 0.461 e. The zero-order valence-electron chi connectivity index (χ0n) is 16.3. The van der Waals surface area contributed by atoms with Gasteiger partial charge in [-0.3, -0.25) is 14.4 Å². The van der Waals surface area contributed by atoms with Gasteiger partial charge in [0.1, 0.15) is 12.6 Å². The summed E-state index contributed by atoms with van der Waals surface area (Å²) in [5.41, 5.74) is 0. The Morgan fingerprint density at radius 1 is 1.21 bits per heavy atom. The van der Waals surface area contributed by atoms with Crippen molar-refractivity contribution >= 4 is 29.5 Å². The van der Waals surface area contributed by atoms with Gasteiger partial charge in [0.25, 0.3) is 0 Å². The molecular weight excluding hydrogens is 380 g/mol. The van der Waals surface area contributed by atoms with E-state index in [1.165, 1.54) is 16.7 Å². The normalized spacial score (nSPS) is 39.6. The zero-order valence-corrected chi connectivity index (χ0v) is 17.1. The molecule has 1 N–H and O–H groups in total. The number of fused-ring (bicyclic) bond motifs is 2. The molecule has 4 aliphatic heterocycles. The van der Waals surface area contributed by atoms with E-state index in [1.807, 2.05) is 45.1 Å². The first-order chi connectivity index (χ1) is 13.3. The predicted molar refractivity (Wildman–Crippen MR) is 104 cm³/mol. The van der Waals surface area contributed by atoms with Crippen LogP contribution >= 0.6 is 11.8 Å². The topological polar surface area (TPSA) is 87.2 Å². The minimum absolute atomic E-state index is 0.0187. The van der Waals surface area contributed by atoms with Crippen molar-refractivity contribution in [2.45, 2.75) is 42.3 Å². The first-order valence-corrected chi connectivity index (χ1v) is 10.5. The summed E-state index contributed by atoms with van der Waals surface area (Å²) >= 11 is 1.51. The monoisotopic (exact) mass is 406 g/mol. The average Bonchev–Trinajstić information content (AvgIpc) is 2.86. The van der Waals surface area contributed by atoms with Crippen LogP contribution in [0.2, 0.25) is 0 Å². The molecule has 0 bridgehead atoms. The van der Waals surface area contributed by atoms with Crippen LogP contribution in [0, 0.1) is 11.8 Å². The summed E-state index contributed by atoms with van der Waals surface area (Å²) in [6, 6.07) is -0.761. The Labute approximate surface area is 168 Å². The van der Waals surface area contributed by atoms with Gasteiger partial charge in [0, 0.05) is 23.9 Å². The minimum Gasteiger partial charge on any atom is -0.461 e. The molecule has 1 spiro atoms. The lowest BCUT2D eigenvalue weighted by Gasteiger charge is -2.37. The zero-order chi connectivity index (χ0) is 20.3. The molecule has 5 atom stereocenters. The van der Waals surface area contributed by atoms with Crippen molar-refractivity contribution in [1.82, 2.24) is 9.80 Å². The fourth-order valence-electron chi connectivity index (χ4n) is 5.19. The van der Waals surface area contributed by atoms with Crippen LogP contribution in [0.3, 0.4) is 0 Å². The fourth-order valence-corrected chi connectivity index (χ4v) is 7.34. The van der Waals surface area contributed by atoms with Crippen molar-refractivity contribution in [3.05, 3.63) is 24.3 Å². The SMILES string of the molecule is CC(C)N1CC=C[C@]23S[C@]4(C)C=CCOC(=O)[C@@H]4[C@H]2C(=O)N(CCO)C3C1=O. The highest BCUT2D eigenvalue weighted by Gasteiger charge is 2.74. The summed E-state index contributed by atoms with van der Waals surface area (Å²) in [5.74, 6) is -2.14. The second-order valence-corrected chi connectivity index (χ2v) is 10.1. The second-order valence-electron chi connectivity index (χ2n) is 8.27. The number of hydrogen-bond acceptors (Lipinski definition) is 6. The third kappa shape index (κ3) is 2.50. The molecule has 2 fully saturated rings. The van der Waals surface area contributed by atoms with Crippen molar-refractivity contribution in [2.24, 2.45) is 11.8 Å². The number of β-amino-alcohol motifs (C(OH)–C–C–N with tert-alkyl or cyclic N) is 1. The standard InChI is InChI=1S/C20H26N2O5S/c1-12(2)21-8-4-7-20-13(16(24)22(9-10-23)15(20)17(21)25)14-18(26)27-11-5-6-19(14,3)28-20/h4-7,12-15,23H,8-11H2,1-3H3/t13-,14-,15?,19+,20-/m0/s1. The van der Waals surface area contributed by atoms with Gasteiger partial charge in [-0.2, -0.15) is 0 Å². The maximum atomic E-state index is 13.6. The van der Waals surface area contributed by atoms with E-state index in [-0.39, 0.29) is 37.6 Å². The van der Waals surface area contributed by atoms with Crippen molar-refractivity contribution in [3.63, 3.8) is 0 Å². The molecule has 2 amide bonds. The number of carbonyl (C=O) groups is 3. The molecule has 8 heteroatoms. The number of cyclic esters (lactones) is 1. The number of ether oxygens (including phenoxy) is 1. The molecule has 0 aromatic rings. The van der Waals surface area contributed by atoms with E-state index in [2.05, 4.69) is 0 Å². The van der Waals surface area contributed by atoms with E-state index in [4.69, 9.17) is 4.74 Å². The van der Waals surface area contributed by atoms with Crippen LogP contribution in [-0.4, -0.2) is 80.6 Å². The van der Waals surface area contributed by atoms with E-state index < -0.39 is 33.3 Å². The highest BCUT2D eigenvalue weighted by atomic mass is 32.2. The van der Waals surface area contributed by atoms with Gasteiger partial charge in [-0.05, 0) is 26.8 Å². The molecule has 0 aromatic heterocycles. The fraction of sp³-hybridized carbons (Fsp3) is 0.650. The Bertz CT molecular complexity index is 781. The summed E-state index contributed by atoms with van der Waals surface area (Å²) < 4.78 is 3.86. The Morgan fingerprint density at radius 2 is 1.96 bits per heavy atom. The molecule has 0 saturated carbocycles. The highest BCUT2D eigenvalue weighted by Crippen LogP contribution is 2.65. The number of hydrogen-bond donors (Lipinski definition) is 1. The predicted octanol–water partition coefficient (Wildman–Crippen LogP) is 0.586. The molecule has 2 saturated heterocycles. The third-order valence-corrected chi connectivity index (χ3v) is 8.10. The van der Waals surface area contributed by atoms with Crippen LogP contribution in [0.1, 0.15) is 20.8 Å². The van der Waals surface area contributed by atoms with Crippen LogP contribution in [-0.2, 0) is 19.1 Å². The van der Waals surface area contributed by atoms with Crippen LogP contribution in [0.25, 0.3) is 0 Å². The number of aliphatic hydroxyl groups is 1. The van der Waals surface area contributed by atoms with Crippen molar-refractivity contribution in [3.8, 4) is 0 Å². The summed E-state index contributed by atoms with van der Waals surface area (Å²) in [5, 5.41) is 9.56. The van der Waals surface area contributed by atoms with Gasteiger partial charge in [0.2, 0.25) is 11.8 Å². The quantitative estimate of drug-likeness (QED) is 0.545. The number of esters is 1. The molecule has 0 aliphatic carbocycles. The van der Waals surface area contributed by atoms with Gasteiger partial charge >= 0.3 is 5.97 Å². The van der Waals surface area contributed by atoms with E-state index in [0.29, 0.717) is 6.54 Å². The van der Waals surface area contributed by atoms with E-state index in [9.17, 15) is 19.5 Å². The number of thioether (sulfide) groups is 1. The van der Waals surface area contributed by atoms with Gasteiger partial charge in [-0.25, -0.2) is 0 Å². The lowest BCUT2D eigenvalue weighted by atomic mass is 9.75. The van der Waals surface area contributed by atoms with Crippen LogP contribution < -0.4 is 0 Å². The maximum absolute atomic E-state index is 13.6. The van der Waals surface area contributed by atoms with Gasteiger partial charge in [-0.1, -0.05) is 18.2 Å². The van der Waals surface area contributed by atoms with E-state index in [1.54, 1.807) is 4.90 Å². The first-order valence-electron chi connectivity index (χ1n) is 9.71. The lowest BCUT2D eigenvalue weighted by Crippen LogP contribution is -2.55. The first kappa shape index (κ1) is 19.5. The average molecular weight is 407 g/mol. The van der Waals surface area contributed by atoms with Crippen molar-refractivity contribution < 1.29 is 24.2 Å². The lowest BCUT2D eigenvalue weighted by molar-refractivity contribution is -0.152. The van der Waals surface area contributed by atoms with Crippen molar-refractivity contribution in [2.75, 3.05) is 26.3 Å². The number of aliphatic hydroxyl groups excluding tert-OH is 1. The molecule has 1 unspecified atom stereocenters. The van der Waals surface area contributed by atoms with Gasteiger partial charge in [0.15, 0.2) is 0 Å². The Hall–Kier alpha value is -1.80. The van der Waals surface area contributed by atoms with Crippen LogP contribution in [0.4, 0.5) is 0 Å².